The Balaban J connectivity index is 2.52. The van der Waals surface area contributed by atoms with Gasteiger partial charge >= 0.3 is 6.18 Å². The second-order valence-electron chi connectivity index (χ2n) is 4.21. The third-order valence-corrected chi connectivity index (χ3v) is 3.71. The van der Waals surface area contributed by atoms with Crippen LogP contribution in [0.25, 0.3) is 11.1 Å². The second-order valence-corrected chi connectivity index (χ2v) is 5.09. The molecule has 1 heterocycles. The average molecular weight is 311 g/mol. The lowest BCUT2D eigenvalue weighted by Gasteiger charge is -2.10. The summed E-state index contributed by atoms with van der Waals surface area (Å²) in [4.78, 5) is 10.9. The van der Waals surface area contributed by atoms with Crippen LogP contribution >= 0.6 is 11.3 Å². The van der Waals surface area contributed by atoms with E-state index in [1.54, 1.807) is 37.3 Å². The number of carbonyl (C=O) groups is 1. The molecular weight excluding hydrogens is 299 g/mol. The van der Waals surface area contributed by atoms with Gasteiger partial charge in [-0.25, -0.2) is 0 Å². The molecule has 0 aliphatic heterocycles. The van der Waals surface area contributed by atoms with E-state index in [-0.39, 0.29) is 11.3 Å². The molecule has 0 atom stereocenters. The van der Waals surface area contributed by atoms with Gasteiger partial charge in [-0.1, -0.05) is 36.4 Å². The maximum atomic E-state index is 13.1. The van der Waals surface area contributed by atoms with Crippen LogP contribution in [0, 0.1) is 0 Å². The summed E-state index contributed by atoms with van der Waals surface area (Å²) in [6.45, 7) is 1.66. The van der Waals surface area contributed by atoms with Gasteiger partial charge in [0.05, 0.1) is 5.69 Å². The first-order valence-electron chi connectivity index (χ1n) is 6.11. The van der Waals surface area contributed by atoms with Crippen molar-refractivity contribution >= 4 is 22.9 Å². The molecule has 1 aromatic carbocycles. The van der Waals surface area contributed by atoms with Gasteiger partial charge < -0.3 is 5.32 Å². The molecule has 1 aromatic heterocycles. The molecule has 1 N–H and O–H groups in total. The fraction of sp³-hybridized carbons (Fsp3) is 0.133. The van der Waals surface area contributed by atoms with Crippen LogP contribution in [0.4, 0.5) is 18.9 Å². The topological polar surface area (TPSA) is 29.1 Å². The monoisotopic (exact) mass is 311 g/mol. The molecule has 6 heteroatoms. The summed E-state index contributed by atoms with van der Waals surface area (Å²) in [5.74, 6) is -0.457. The largest absolute Gasteiger partial charge is 0.426 e. The van der Waals surface area contributed by atoms with Gasteiger partial charge in [0, 0.05) is 10.9 Å². The highest BCUT2D eigenvalue weighted by Gasteiger charge is 2.37. The zero-order valence-corrected chi connectivity index (χ0v) is 11.9. The summed E-state index contributed by atoms with van der Waals surface area (Å²) in [7, 11) is 0. The van der Waals surface area contributed by atoms with E-state index in [0.29, 0.717) is 16.9 Å². The standard InChI is InChI=1S/C15H12F3NOS/c1-2-6-12(20)19-11-9-21-14(15(16,17)18)13(11)10-7-4-3-5-8-10/h2-9H,1H3,(H,19,20). The summed E-state index contributed by atoms with van der Waals surface area (Å²) in [5.41, 5.74) is 0.592. The minimum atomic E-state index is -4.46. The minimum absolute atomic E-state index is 0.00551. The lowest BCUT2D eigenvalue weighted by atomic mass is 10.0. The molecule has 0 radical (unpaired) electrons. The molecule has 0 unspecified atom stereocenters. The maximum Gasteiger partial charge on any atom is 0.426 e. The summed E-state index contributed by atoms with van der Waals surface area (Å²) in [6, 6.07) is 8.21. The van der Waals surface area contributed by atoms with E-state index in [2.05, 4.69) is 5.32 Å². The SMILES string of the molecule is CC=CC(=O)Nc1csc(C(F)(F)F)c1-c1ccccc1. The quantitative estimate of drug-likeness (QED) is 0.799. The molecule has 0 aliphatic carbocycles. The molecule has 2 nitrogen and oxygen atoms in total. The molecule has 2 rings (SSSR count). The summed E-state index contributed by atoms with van der Waals surface area (Å²) in [5, 5.41) is 3.80. The van der Waals surface area contributed by atoms with E-state index < -0.39 is 17.0 Å². The molecular formula is C15H12F3NOS. The van der Waals surface area contributed by atoms with Crippen LogP contribution in [0.2, 0.25) is 0 Å². The molecule has 0 saturated heterocycles. The van der Waals surface area contributed by atoms with Crippen LogP contribution in [0.3, 0.4) is 0 Å². The molecule has 0 saturated carbocycles. The Morgan fingerprint density at radius 2 is 1.90 bits per heavy atom. The van der Waals surface area contributed by atoms with Crippen molar-refractivity contribution in [1.82, 2.24) is 0 Å². The first-order valence-corrected chi connectivity index (χ1v) is 6.99. The number of halogens is 3. The first-order chi connectivity index (χ1) is 9.93. The van der Waals surface area contributed by atoms with E-state index in [9.17, 15) is 18.0 Å². The third kappa shape index (κ3) is 3.52. The van der Waals surface area contributed by atoms with E-state index >= 15 is 0 Å². The normalized spacial score (nSPS) is 11.8. The van der Waals surface area contributed by atoms with E-state index in [4.69, 9.17) is 0 Å². The number of allylic oxidation sites excluding steroid dienone is 1. The van der Waals surface area contributed by atoms with Gasteiger partial charge in [0.15, 0.2) is 0 Å². The third-order valence-electron chi connectivity index (χ3n) is 2.69. The Kier molecular flexibility index (Phi) is 4.47. The molecule has 0 spiro atoms. The van der Waals surface area contributed by atoms with Gasteiger partial charge in [-0.2, -0.15) is 13.2 Å². The predicted octanol–water partition coefficient (Wildman–Crippen LogP) is 4.95. The summed E-state index contributed by atoms with van der Waals surface area (Å²) >= 11 is 0.574. The number of thiophene rings is 1. The maximum absolute atomic E-state index is 13.1. The molecule has 2 aromatic rings. The Hall–Kier alpha value is -2.08. The Bertz CT molecular complexity index is 659. The van der Waals surface area contributed by atoms with Gasteiger partial charge in [-0.3, -0.25) is 4.79 Å². The van der Waals surface area contributed by atoms with Gasteiger partial charge in [-0.15, -0.1) is 11.3 Å². The Morgan fingerprint density at radius 1 is 1.24 bits per heavy atom. The van der Waals surface area contributed by atoms with Gasteiger partial charge in [0.25, 0.3) is 0 Å². The second kappa shape index (κ2) is 6.13. The van der Waals surface area contributed by atoms with Crippen molar-refractivity contribution in [3.05, 3.63) is 52.7 Å². The van der Waals surface area contributed by atoms with Crippen molar-refractivity contribution in [1.29, 1.82) is 0 Å². The van der Waals surface area contributed by atoms with Gasteiger partial charge in [-0.05, 0) is 18.6 Å². The van der Waals surface area contributed by atoms with Crippen molar-refractivity contribution in [3.63, 3.8) is 0 Å². The van der Waals surface area contributed by atoms with Crippen molar-refractivity contribution in [2.45, 2.75) is 13.1 Å². The number of amides is 1. The molecule has 110 valence electrons. The van der Waals surface area contributed by atoms with Crippen LogP contribution in [-0.4, -0.2) is 5.91 Å². The lowest BCUT2D eigenvalue weighted by Crippen LogP contribution is -2.09. The van der Waals surface area contributed by atoms with E-state index in [1.807, 2.05) is 0 Å². The van der Waals surface area contributed by atoms with Crippen LogP contribution in [0.15, 0.2) is 47.9 Å². The molecule has 0 aliphatic rings. The molecule has 1 amide bonds. The number of hydrogen-bond donors (Lipinski definition) is 1. The van der Waals surface area contributed by atoms with Crippen LogP contribution in [0.5, 0.6) is 0 Å². The molecule has 0 bridgehead atoms. The highest BCUT2D eigenvalue weighted by atomic mass is 32.1. The first kappa shape index (κ1) is 15.3. The van der Waals surface area contributed by atoms with Crippen LogP contribution in [-0.2, 0) is 11.0 Å². The van der Waals surface area contributed by atoms with E-state index in [0.717, 1.165) is 0 Å². The number of alkyl halides is 3. The van der Waals surface area contributed by atoms with Crippen molar-refractivity contribution in [2.24, 2.45) is 0 Å². The zero-order valence-electron chi connectivity index (χ0n) is 11.1. The number of carbonyl (C=O) groups excluding carboxylic acids is 1. The van der Waals surface area contributed by atoms with Gasteiger partial charge in [0.1, 0.15) is 4.88 Å². The van der Waals surface area contributed by atoms with Gasteiger partial charge in [0.2, 0.25) is 5.91 Å². The highest BCUT2D eigenvalue weighted by molar-refractivity contribution is 7.11. The lowest BCUT2D eigenvalue weighted by molar-refractivity contribution is -0.133. The predicted molar refractivity (Wildman–Crippen MR) is 78.2 cm³/mol. The number of rotatable bonds is 3. The van der Waals surface area contributed by atoms with E-state index in [1.165, 1.54) is 17.5 Å². The number of anilines is 1. The van der Waals surface area contributed by atoms with Crippen LogP contribution < -0.4 is 5.32 Å². The smallest absolute Gasteiger partial charge is 0.321 e. The Morgan fingerprint density at radius 3 is 2.48 bits per heavy atom. The number of benzene rings is 1. The zero-order chi connectivity index (χ0) is 15.5. The van der Waals surface area contributed by atoms with Crippen LogP contribution in [0.1, 0.15) is 11.8 Å². The summed E-state index contributed by atoms with van der Waals surface area (Å²) in [6.07, 6.45) is -1.67. The molecule has 0 fully saturated rings. The van der Waals surface area contributed by atoms with Crippen molar-refractivity contribution in [2.75, 3.05) is 5.32 Å². The van der Waals surface area contributed by atoms with Crippen molar-refractivity contribution < 1.29 is 18.0 Å². The Labute approximate surface area is 123 Å². The summed E-state index contributed by atoms with van der Waals surface area (Å²) < 4.78 is 39.3. The fourth-order valence-electron chi connectivity index (χ4n) is 1.88. The average Bonchev–Trinajstić information content (AvgIpc) is 2.83. The highest BCUT2D eigenvalue weighted by Crippen LogP contribution is 2.45. The number of hydrogen-bond acceptors (Lipinski definition) is 2. The number of nitrogens with one attached hydrogen (secondary N) is 1. The minimum Gasteiger partial charge on any atom is -0.321 e. The van der Waals surface area contributed by atoms with Crippen molar-refractivity contribution in [3.8, 4) is 11.1 Å². The fourth-order valence-corrected chi connectivity index (χ4v) is 2.77. The molecule has 21 heavy (non-hydrogen) atoms.